The van der Waals surface area contributed by atoms with Crippen LogP contribution in [0.25, 0.3) is 0 Å². The lowest BCUT2D eigenvalue weighted by atomic mass is 10.4. The Kier molecular flexibility index (Phi) is 2.81. The largest absolute Gasteiger partial charge is 0.464 e. The van der Waals surface area contributed by atoms with Crippen molar-refractivity contribution in [2.75, 3.05) is 7.11 Å². The van der Waals surface area contributed by atoms with Crippen molar-refractivity contribution in [1.82, 2.24) is 4.98 Å². The fourth-order valence-corrected chi connectivity index (χ4v) is 1.18. The highest BCUT2D eigenvalue weighted by Crippen LogP contribution is 2.29. The van der Waals surface area contributed by atoms with Crippen molar-refractivity contribution in [1.29, 1.82) is 5.26 Å². The van der Waals surface area contributed by atoms with Gasteiger partial charge in [-0.25, -0.2) is 4.79 Å². The van der Waals surface area contributed by atoms with E-state index in [1.165, 1.54) is 7.11 Å². The third-order valence-corrected chi connectivity index (χ3v) is 2.24. The van der Waals surface area contributed by atoms with Crippen LogP contribution in [0.2, 0.25) is 10.0 Å². The Morgan fingerprint density at radius 1 is 1.54 bits per heavy atom. The molecule has 13 heavy (non-hydrogen) atoms. The molecule has 6 heteroatoms. The van der Waals surface area contributed by atoms with Gasteiger partial charge in [0, 0.05) is 0 Å². The van der Waals surface area contributed by atoms with Crippen LogP contribution < -0.4 is 0 Å². The molecule has 1 heterocycles. The summed E-state index contributed by atoms with van der Waals surface area (Å²) in [5, 5.41) is 8.57. The summed E-state index contributed by atoms with van der Waals surface area (Å²) in [4.78, 5) is 13.5. The van der Waals surface area contributed by atoms with Crippen molar-refractivity contribution < 1.29 is 9.53 Å². The molecule has 0 bridgehead atoms. The quantitative estimate of drug-likeness (QED) is 0.734. The number of carbonyl (C=O) groups excluding carboxylic acids is 1. The van der Waals surface area contributed by atoms with Crippen molar-refractivity contribution in [3.05, 3.63) is 21.4 Å². The second kappa shape index (κ2) is 3.69. The van der Waals surface area contributed by atoms with Gasteiger partial charge in [0.05, 0.1) is 17.2 Å². The van der Waals surface area contributed by atoms with Gasteiger partial charge >= 0.3 is 5.97 Å². The van der Waals surface area contributed by atoms with E-state index in [2.05, 4.69) is 9.72 Å². The SMILES string of the molecule is COC(=O)c1[nH]c(C#N)c(Cl)c1Cl. The molecule has 0 saturated heterocycles. The maximum absolute atomic E-state index is 11.0. The molecule has 68 valence electrons. The Hall–Kier alpha value is -1.18. The van der Waals surface area contributed by atoms with Crippen LogP contribution in [-0.4, -0.2) is 18.1 Å². The lowest BCUT2D eigenvalue weighted by molar-refractivity contribution is 0.0595. The van der Waals surface area contributed by atoms with Crippen molar-refractivity contribution in [3.8, 4) is 6.07 Å². The van der Waals surface area contributed by atoms with Gasteiger partial charge < -0.3 is 9.72 Å². The van der Waals surface area contributed by atoms with Gasteiger partial charge in [-0.15, -0.1) is 0 Å². The molecular formula is C7H4Cl2N2O2. The van der Waals surface area contributed by atoms with Crippen LogP contribution in [0.15, 0.2) is 0 Å². The Morgan fingerprint density at radius 3 is 2.54 bits per heavy atom. The Labute approximate surface area is 84.0 Å². The number of H-pyrrole nitrogens is 1. The molecule has 1 N–H and O–H groups in total. The summed E-state index contributed by atoms with van der Waals surface area (Å²) >= 11 is 11.3. The van der Waals surface area contributed by atoms with Crippen LogP contribution in [0.1, 0.15) is 16.2 Å². The van der Waals surface area contributed by atoms with Crippen LogP contribution in [0.5, 0.6) is 0 Å². The van der Waals surface area contributed by atoms with E-state index in [4.69, 9.17) is 28.5 Å². The van der Waals surface area contributed by atoms with Crippen LogP contribution in [0, 0.1) is 11.3 Å². The molecule has 0 atom stereocenters. The van der Waals surface area contributed by atoms with E-state index in [0.717, 1.165) is 0 Å². The number of methoxy groups -OCH3 is 1. The fraction of sp³-hybridized carbons (Fsp3) is 0.143. The summed E-state index contributed by atoms with van der Waals surface area (Å²) in [6.45, 7) is 0. The molecule has 1 aromatic heterocycles. The van der Waals surface area contributed by atoms with Gasteiger partial charge in [0.15, 0.2) is 0 Å². The van der Waals surface area contributed by atoms with Crippen molar-refractivity contribution >= 4 is 29.2 Å². The highest BCUT2D eigenvalue weighted by atomic mass is 35.5. The molecule has 0 radical (unpaired) electrons. The van der Waals surface area contributed by atoms with Gasteiger partial charge in [0.2, 0.25) is 0 Å². The van der Waals surface area contributed by atoms with E-state index in [0.29, 0.717) is 0 Å². The second-order valence-electron chi connectivity index (χ2n) is 2.11. The predicted molar refractivity (Wildman–Crippen MR) is 46.9 cm³/mol. The van der Waals surface area contributed by atoms with Crippen molar-refractivity contribution in [3.63, 3.8) is 0 Å². The highest BCUT2D eigenvalue weighted by molar-refractivity contribution is 6.44. The maximum atomic E-state index is 11.0. The minimum atomic E-state index is -0.659. The molecule has 4 nitrogen and oxygen atoms in total. The lowest BCUT2D eigenvalue weighted by Crippen LogP contribution is -2.02. The minimum Gasteiger partial charge on any atom is -0.464 e. The number of rotatable bonds is 1. The number of nitriles is 1. The fourth-order valence-electron chi connectivity index (χ4n) is 0.774. The van der Waals surface area contributed by atoms with Crippen molar-refractivity contribution in [2.45, 2.75) is 0 Å². The van der Waals surface area contributed by atoms with Gasteiger partial charge in [0.1, 0.15) is 17.5 Å². The second-order valence-corrected chi connectivity index (χ2v) is 2.86. The lowest BCUT2D eigenvalue weighted by Gasteiger charge is -1.94. The summed E-state index contributed by atoms with van der Waals surface area (Å²) in [5.74, 6) is -0.659. The Balaban J connectivity index is 3.27. The monoisotopic (exact) mass is 218 g/mol. The number of aromatic nitrogens is 1. The number of hydrogen-bond donors (Lipinski definition) is 1. The first-order chi connectivity index (χ1) is 6.11. The number of halogens is 2. The van der Waals surface area contributed by atoms with Crippen LogP contribution in [0.4, 0.5) is 0 Å². The summed E-state index contributed by atoms with van der Waals surface area (Å²) in [6, 6.07) is 1.76. The number of carbonyl (C=O) groups is 1. The summed E-state index contributed by atoms with van der Waals surface area (Å²) in [7, 11) is 1.21. The maximum Gasteiger partial charge on any atom is 0.356 e. The van der Waals surface area contributed by atoms with E-state index in [1.54, 1.807) is 6.07 Å². The van der Waals surface area contributed by atoms with E-state index in [-0.39, 0.29) is 21.4 Å². The molecule has 1 aromatic rings. The van der Waals surface area contributed by atoms with Crippen LogP contribution in [0.3, 0.4) is 0 Å². The molecule has 0 saturated carbocycles. The van der Waals surface area contributed by atoms with E-state index in [1.807, 2.05) is 0 Å². The number of aromatic amines is 1. The molecule has 0 unspecified atom stereocenters. The van der Waals surface area contributed by atoms with E-state index < -0.39 is 5.97 Å². The molecular weight excluding hydrogens is 215 g/mol. The van der Waals surface area contributed by atoms with Crippen LogP contribution >= 0.6 is 23.2 Å². The Morgan fingerprint density at radius 2 is 2.15 bits per heavy atom. The third kappa shape index (κ3) is 1.62. The van der Waals surface area contributed by atoms with E-state index >= 15 is 0 Å². The standard InChI is InChI=1S/C7H4Cl2N2O2/c1-13-7(12)6-5(9)4(8)3(2-10)11-6/h11H,1H3. The minimum absolute atomic E-state index is 0.00469. The number of nitrogens with one attached hydrogen (secondary N) is 1. The zero-order valence-electron chi connectivity index (χ0n) is 6.52. The normalized spacial score (nSPS) is 9.38. The molecule has 0 spiro atoms. The van der Waals surface area contributed by atoms with Crippen LogP contribution in [-0.2, 0) is 4.74 Å². The molecule has 0 aromatic carbocycles. The average Bonchev–Trinajstić information content (AvgIpc) is 2.43. The van der Waals surface area contributed by atoms with Gasteiger partial charge in [0.25, 0.3) is 0 Å². The summed E-state index contributed by atoms with van der Waals surface area (Å²) in [6.07, 6.45) is 0. The Bertz CT molecular complexity index is 392. The third-order valence-electron chi connectivity index (χ3n) is 1.38. The number of nitrogens with zero attached hydrogens (tertiary/aromatic N) is 1. The first kappa shape index (κ1) is 9.90. The van der Waals surface area contributed by atoms with Crippen molar-refractivity contribution in [2.24, 2.45) is 0 Å². The molecule has 0 amide bonds. The van der Waals surface area contributed by atoms with Gasteiger partial charge in [-0.3, -0.25) is 0 Å². The topological polar surface area (TPSA) is 65.9 Å². The van der Waals surface area contributed by atoms with Gasteiger partial charge in [-0.1, -0.05) is 23.2 Å². The number of hydrogen-bond acceptors (Lipinski definition) is 3. The van der Waals surface area contributed by atoms with Gasteiger partial charge in [-0.05, 0) is 0 Å². The molecule has 0 aliphatic carbocycles. The number of esters is 1. The van der Waals surface area contributed by atoms with Gasteiger partial charge in [-0.2, -0.15) is 5.26 Å². The summed E-state index contributed by atoms with van der Waals surface area (Å²) in [5.41, 5.74) is 0.0396. The average molecular weight is 219 g/mol. The number of ether oxygens (including phenoxy) is 1. The predicted octanol–water partition coefficient (Wildman–Crippen LogP) is 1.98. The summed E-state index contributed by atoms with van der Waals surface area (Å²) < 4.78 is 4.41. The molecule has 0 aliphatic heterocycles. The highest BCUT2D eigenvalue weighted by Gasteiger charge is 2.19. The molecule has 0 fully saturated rings. The van der Waals surface area contributed by atoms with E-state index in [9.17, 15) is 4.79 Å². The first-order valence-electron chi connectivity index (χ1n) is 3.17. The molecule has 0 aliphatic rings. The zero-order valence-corrected chi connectivity index (χ0v) is 8.03. The smallest absolute Gasteiger partial charge is 0.356 e. The molecule has 1 rings (SSSR count). The zero-order chi connectivity index (χ0) is 10.0. The first-order valence-corrected chi connectivity index (χ1v) is 3.92.